The Kier molecular flexibility index (Phi) is 4.61. The molecule has 0 aliphatic carbocycles. The number of carbonyl (C=O) groups is 2. The molecule has 0 fully saturated rings. The van der Waals surface area contributed by atoms with E-state index < -0.39 is 0 Å². The van der Waals surface area contributed by atoms with Crippen LogP contribution in [-0.4, -0.2) is 17.0 Å². The maximum absolute atomic E-state index is 12.3. The molecule has 1 aromatic heterocycles. The summed E-state index contributed by atoms with van der Waals surface area (Å²) in [6.07, 6.45) is 0. The second kappa shape index (κ2) is 7.00. The Hall–Kier alpha value is -3.41. The van der Waals surface area contributed by atoms with E-state index >= 15 is 0 Å². The third kappa shape index (κ3) is 4.11. The fraction of sp³-hybridized carbons (Fsp3) is 0.105. The van der Waals surface area contributed by atoms with Crippen molar-refractivity contribution in [3.63, 3.8) is 0 Å². The van der Waals surface area contributed by atoms with Gasteiger partial charge in [0, 0.05) is 22.9 Å². The summed E-state index contributed by atoms with van der Waals surface area (Å²) in [7, 11) is 0. The van der Waals surface area contributed by atoms with E-state index in [1.54, 1.807) is 49.4 Å². The number of benzene rings is 2. The van der Waals surface area contributed by atoms with Gasteiger partial charge in [-0.2, -0.15) is 0 Å². The molecule has 0 aliphatic heterocycles. The minimum atomic E-state index is -0.333. The molecular weight excluding hydrogens is 318 g/mol. The maximum Gasteiger partial charge on any atom is 0.256 e. The number of carbonyl (C=O) groups excluding carboxylic acids is 2. The van der Waals surface area contributed by atoms with Crippen LogP contribution in [0, 0.1) is 13.8 Å². The predicted octanol–water partition coefficient (Wildman–Crippen LogP) is 3.80. The molecule has 3 aromatic rings. The first kappa shape index (κ1) is 16.4. The van der Waals surface area contributed by atoms with Crippen LogP contribution in [0.15, 0.2) is 59.1 Å². The van der Waals surface area contributed by atoms with Crippen molar-refractivity contribution in [3.8, 4) is 0 Å². The second-order valence-corrected chi connectivity index (χ2v) is 5.68. The van der Waals surface area contributed by atoms with Crippen LogP contribution in [0.4, 0.5) is 11.5 Å². The van der Waals surface area contributed by atoms with Crippen molar-refractivity contribution in [1.82, 2.24) is 5.16 Å². The zero-order valence-corrected chi connectivity index (χ0v) is 13.9. The Morgan fingerprint density at radius 1 is 0.880 bits per heavy atom. The standard InChI is InChI=1S/C19H17N3O3/c1-12-5-3-6-14(9-12)18(23)20-16-8-4-7-15(11-16)19(24)21-17-10-13(2)25-22-17/h3-11H,1-2H3,(H,20,23)(H,21,22,24). The lowest BCUT2D eigenvalue weighted by Gasteiger charge is -2.08. The van der Waals surface area contributed by atoms with E-state index in [0.29, 0.717) is 28.4 Å². The van der Waals surface area contributed by atoms with E-state index in [1.165, 1.54) is 0 Å². The SMILES string of the molecule is Cc1cccc(C(=O)Nc2cccc(C(=O)Nc3cc(C)on3)c2)c1. The van der Waals surface area contributed by atoms with Crippen LogP contribution < -0.4 is 10.6 Å². The molecule has 0 spiro atoms. The number of hydrogen-bond donors (Lipinski definition) is 2. The van der Waals surface area contributed by atoms with Gasteiger partial charge in [-0.3, -0.25) is 9.59 Å². The van der Waals surface area contributed by atoms with Crippen molar-refractivity contribution in [1.29, 1.82) is 0 Å². The van der Waals surface area contributed by atoms with Crippen LogP contribution in [0.3, 0.4) is 0 Å². The summed E-state index contributed by atoms with van der Waals surface area (Å²) in [6, 6.07) is 15.6. The highest BCUT2D eigenvalue weighted by atomic mass is 16.5. The van der Waals surface area contributed by atoms with Gasteiger partial charge in [0.15, 0.2) is 5.82 Å². The van der Waals surface area contributed by atoms with E-state index in [4.69, 9.17) is 4.52 Å². The number of aryl methyl sites for hydroxylation is 2. The van der Waals surface area contributed by atoms with Gasteiger partial charge in [0.25, 0.3) is 11.8 Å². The van der Waals surface area contributed by atoms with Gasteiger partial charge in [-0.25, -0.2) is 0 Å². The van der Waals surface area contributed by atoms with Crippen molar-refractivity contribution < 1.29 is 14.1 Å². The molecule has 2 amide bonds. The lowest BCUT2D eigenvalue weighted by molar-refractivity contribution is 0.101. The smallest absolute Gasteiger partial charge is 0.256 e. The molecule has 25 heavy (non-hydrogen) atoms. The van der Waals surface area contributed by atoms with Gasteiger partial charge >= 0.3 is 0 Å². The zero-order chi connectivity index (χ0) is 17.8. The summed E-state index contributed by atoms with van der Waals surface area (Å²) in [5.74, 6) is 0.388. The number of anilines is 2. The normalized spacial score (nSPS) is 10.3. The highest BCUT2D eigenvalue weighted by molar-refractivity contribution is 6.07. The van der Waals surface area contributed by atoms with E-state index in [1.807, 2.05) is 19.1 Å². The molecule has 0 radical (unpaired) electrons. The minimum Gasteiger partial charge on any atom is -0.360 e. The lowest BCUT2D eigenvalue weighted by Crippen LogP contribution is -2.14. The molecule has 0 atom stereocenters. The summed E-state index contributed by atoms with van der Waals surface area (Å²) in [6.45, 7) is 3.66. The fourth-order valence-corrected chi connectivity index (χ4v) is 2.34. The number of hydrogen-bond acceptors (Lipinski definition) is 4. The Labute approximate surface area is 144 Å². The van der Waals surface area contributed by atoms with Gasteiger partial charge in [0.2, 0.25) is 0 Å². The average molecular weight is 335 g/mol. The highest BCUT2D eigenvalue weighted by Gasteiger charge is 2.11. The number of aromatic nitrogens is 1. The van der Waals surface area contributed by atoms with Gasteiger partial charge in [-0.1, -0.05) is 28.9 Å². The minimum absolute atomic E-state index is 0.228. The van der Waals surface area contributed by atoms with Gasteiger partial charge in [0.1, 0.15) is 5.76 Å². The van der Waals surface area contributed by atoms with E-state index in [0.717, 1.165) is 5.56 Å². The number of nitrogens with zero attached hydrogens (tertiary/aromatic N) is 1. The summed E-state index contributed by atoms with van der Waals surface area (Å²) in [4.78, 5) is 24.6. The van der Waals surface area contributed by atoms with Crippen molar-refractivity contribution in [2.24, 2.45) is 0 Å². The van der Waals surface area contributed by atoms with Crippen LogP contribution in [0.2, 0.25) is 0 Å². The van der Waals surface area contributed by atoms with Crippen LogP contribution in [0.25, 0.3) is 0 Å². The molecule has 0 bridgehead atoms. The molecule has 0 saturated heterocycles. The van der Waals surface area contributed by atoms with Gasteiger partial charge in [0.05, 0.1) is 0 Å². The van der Waals surface area contributed by atoms with Gasteiger partial charge in [-0.05, 0) is 44.2 Å². The third-order valence-corrected chi connectivity index (χ3v) is 3.53. The van der Waals surface area contributed by atoms with Crippen LogP contribution in [0.1, 0.15) is 32.0 Å². The van der Waals surface area contributed by atoms with Crippen molar-refractivity contribution >= 4 is 23.3 Å². The molecule has 1 heterocycles. The van der Waals surface area contributed by atoms with Crippen LogP contribution in [0.5, 0.6) is 0 Å². The van der Waals surface area contributed by atoms with Gasteiger partial charge < -0.3 is 15.2 Å². The van der Waals surface area contributed by atoms with Crippen LogP contribution >= 0.6 is 0 Å². The molecular formula is C19H17N3O3. The molecule has 0 saturated carbocycles. The second-order valence-electron chi connectivity index (χ2n) is 5.68. The maximum atomic E-state index is 12.3. The predicted molar refractivity (Wildman–Crippen MR) is 94.8 cm³/mol. The molecule has 2 N–H and O–H groups in total. The van der Waals surface area contributed by atoms with Crippen molar-refractivity contribution in [2.45, 2.75) is 13.8 Å². The summed E-state index contributed by atoms with van der Waals surface area (Å²) < 4.78 is 4.91. The molecule has 6 heteroatoms. The molecule has 6 nitrogen and oxygen atoms in total. The zero-order valence-electron chi connectivity index (χ0n) is 13.9. The quantitative estimate of drug-likeness (QED) is 0.759. The molecule has 126 valence electrons. The monoisotopic (exact) mass is 335 g/mol. The van der Waals surface area contributed by atoms with E-state index in [9.17, 15) is 9.59 Å². The largest absolute Gasteiger partial charge is 0.360 e. The summed E-state index contributed by atoms with van der Waals surface area (Å²) >= 11 is 0. The Morgan fingerprint density at radius 3 is 2.24 bits per heavy atom. The first-order chi connectivity index (χ1) is 12.0. The molecule has 2 aromatic carbocycles. The van der Waals surface area contributed by atoms with Crippen molar-refractivity contribution in [3.05, 3.63) is 77.0 Å². The number of rotatable bonds is 4. The number of amides is 2. The van der Waals surface area contributed by atoms with Crippen molar-refractivity contribution in [2.75, 3.05) is 10.6 Å². The van der Waals surface area contributed by atoms with Gasteiger partial charge in [-0.15, -0.1) is 0 Å². The Bertz CT molecular complexity index is 931. The van der Waals surface area contributed by atoms with E-state index in [-0.39, 0.29) is 11.8 Å². The molecule has 3 rings (SSSR count). The molecule has 0 aliphatic rings. The first-order valence-corrected chi connectivity index (χ1v) is 7.74. The summed E-state index contributed by atoms with van der Waals surface area (Å²) in [5, 5.41) is 9.16. The number of nitrogens with one attached hydrogen (secondary N) is 2. The Balaban J connectivity index is 1.72. The lowest BCUT2D eigenvalue weighted by atomic mass is 10.1. The topological polar surface area (TPSA) is 84.2 Å². The summed E-state index contributed by atoms with van der Waals surface area (Å²) in [5.41, 5.74) is 2.51. The Morgan fingerprint density at radius 2 is 1.56 bits per heavy atom. The van der Waals surface area contributed by atoms with Crippen LogP contribution in [-0.2, 0) is 0 Å². The fourth-order valence-electron chi connectivity index (χ4n) is 2.34. The molecule has 0 unspecified atom stereocenters. The van der Waals surface area contributed by atoms with E-state index in [2.05, 4.69) is 15.8 Å². The highest BCUT2D eigenvalue weighted by Crippen LogP contribution is 2.15. The average Bonchev–Trinajstić information content (AvgIpc) is 3.00. The first-order valence-electron chi connectivity index (χ1n) is 7.74. The third-order valence-electron chi connectivity index (χ3n) is 3.53.